The Balaban J connectivity index is 0.916. The van der Waals surface area contributed by atoms with Crippen molar-refractivity contribution in [3.05, 3.63) is 179 Å². The summed E-state index contributed by atoms with van der Waals surface area (Å²) in [6, 6.07) is 57.3. The average molecular weight is 695 g/mol. The molecule has 10 rings (SSSR count). The second-order valence-corrected chi connectivity index (χ2v) is 16.4. The molecule has 0 nitrogen and oxygen atoms in total. The summed E-state index contributed by atoms with van der Waals surface area (Å²) >= 11 is 0. The zero-order valence-corrected chi connectivity index (χ0v) is 31.5. The largest absolute Gasteiger partial charge is 0.0626 e. The average Bonchev–Trinajstić information content (AvgIpc) is 3.76. The summed E-state index contributed by atoms with van der Waals surface area (Å²) in [6.45, 7) is 4.69. The topological polar surface area (TPSA) is 0 Å². The Morgan fingerprint density at radius 1 is 0.396 bits per heavy atom. The van der Waals surface area contributed by atoms with E-state index in [0.29, 0.717) is 11.8 Å². The van der Waals surface area contributed by atoms with Gasteiger partial charge in [0.2, 0.25) is 0 Å². The molecular formula is C52H42Si. The Kier molecular flexibility index (Phi) is 7.99. The fourth-order valence-electron chi connectivity index (χ4n) is 9.34. The maximum atomic E-state index is 2.53. The van der Waals surface area contributed by atoms with Crippen LogP contribution in [-0.4, -0.2) is 9.52 Å². The van der Waals surface area contributed by atoms with Gasteiger partial charge in [0.05, 0.1) is 0 Å². The predicted octanol–water partition coefficient (Wildman–Crippen LogP) is 14.7. The second kappa shape index (κ2) is 13.2. The quantitative estimate of drug-likeness (QED) is 0.110. The Morgan fingerprint density at radius 2 is 0.792 bits per heavy atom. The highest BCUT2D eigenvalue weighted by molar-refractivity contribution is 6.36. The summed E-state index contributed by atoms with van der Waals surface area (Å²) in [4.78, 5) is 0. The molecule has 0 saturated heterocycles. The van der Waals surface area contributed by atoms with Crippen LogP contribution >= 0.6 is 0 Å². The van der Waals surface area contributed by atoms with Crippen molar-refractivity contribution in [2.45, 2.75) is 50.6 Å². The van der Waals surface area contributed by atoms with E-state index < -0.39 is 0 Å². The Morgan fingerprint density at radius 3 is 1.21 bits per heavy atom. The number of allylic oxidation sites excluding steroid dienone is 2. The van der Waals surface area contributed by atoms with Crippen LogP contribution in [0.5, 0.6) is 0 Å². The number of benzene rings is 8. The first-order valence-corrected chi connectivity index (χ1v) is 20.8. The maximum absolute atomic E-state index is 2.53. The molecule has 0 bridgehead atoms. The van der Waals surface area contributed by atoms with E-state index in [2.05, 4.69) is 172 Å². The Hall–Kier alpha value is -5.50. The molecular weight excluding hydrogens is 653 g/mol. The predicted molar refractivity (Wildman–Crippen MR) is 231 cm³/mol. The van der Waals surface area contributed by atoms with Crippen LogP contribution in [0.15, 0.2) is 157 Å². The normalized spacial score (nSPS) is 16.3. The van der Waals surface area contributed by atoms with E-state index >= 15 is 0 Å². The van der Waals surface area contributed by atoms with Crippen molar-refractivity contribution in [2.24, 2.45) is 0 Å². The van der Waals surface area contributed by atoms with Crippen molar-refractivity contribution in [1.29, 1.82) is 0 Å². The molecule has 0 aliphatic heterocycles. The van der Waals surface area contributed by atoms with E-state index in [1.54, 1.807) is 11.1 Å². The standard InChI is InChI=1S/C52H42Si/c1-3-33-29-49-45(41-21-19-39-23-35-11-5-7-13-37(35)25-43(39)27-41)15-9-17-47(49)51(33)31-53-32-52-34(4-2)30-50-46(16-10-18-48(50)52)42-22-20-40-24-36-12-6-8-14-38(36)26-44(40)28-42/h5-30,51-52H,3-4,31-32H2,1-2H3. The van der Waals surface area contributed by atoms with Gasteiger partial charge in [0.15, 0.2) is 0 Å². The molecule has 2 unspecified atom stereocenters. The van der Waals surface area contributed by atoms with Gasteiger partial charge in [-0.15, -0.1) is 0 Å². The van der Waals surface area contributed by atoms with Crippen molar-refractivity contribution < 1.29 is 0 Å². The molecule has 0 fully saturated rings. The molecule has 254 valence electrons. The van der Waals surface area contributed by atoms with Gasteiger partial charge in [-0.1, -0.05) is 158 Å². The van der Waals surface area contributed by atoms with Crippen molar-refractivity contribution in [2.75, 3.05) is 0 Å². The zero-order valence-electron chi connectivity index (χ0n) is 30.5. The molecule has 0 spiro atoms. The number of hydrogen-bond acceptors (Lipinski definition) is 0. The van der Waals surface area contributed by atoms with E-state index in [1.807, 2.05) is 0 Å². The lowest BCUT2D eigenvalue weighted by atomic mass is 9.91. The van der Waals surface area contributed by atoms with Gasteiger partial charge < -0.3 is 0 Å². The Labute approximate surface area is 315 Å². The van der Waals surface area contributed by atoms with Crippen LogP contribution < -0.4 is 0 Å². The zero-order chi connectivity index (χ0) is 35.5. The molecule has 8 aromatic carbocycles. The van der Waals surface area contributed by atoms with Gasteiger partial charge in [-0.2, -0.15) is 0 Å². The highest BCUT2D eigenvalue weighted by Gasteiger charge is 2.29. The molecule has 0 heterocycles. The smallest absolute Gasteiger partial charge is 0.0397 e. The molecule has 1 heteroatoms. The molecule has 2 atom stereocenters. The lowest BCUT2D eigenvalue weighted by Gasteiger charge is -2.20. The first-order chi connectivity index (χ1) is 26.1. The third-order valence-corrected chi connectivity index (χ3v) is 13.5. The minimum absolute atomic E-state index is 0.507. The van der Waals surface area contributed by atoms with Crippen molar-refractivity contribution in [1.82, 2.24) is 0 Å². The molecule has 8 aromatic rings. The summed E-state index contributed by atoms with van der Waals surface area (Å²) < 4.78 is 0. The van der Waals surface area contributed by atoms with Gasteiger partial charge in [-0.3, -0.25) is 0 Å². The van der Waals surface area contributed by atoms with Crippen LogP contribution in [0.2, 0.25) is 12.1 Å². The lowest BCUT2D eigenvalue weighted by molar-refractivity contribution is 0.830. The fraction of sp³-hybridized carbons (Fsp3) is 0.154. The summed E-state index contributed by atoms with van der Waals surface area (Å²) in [5.41, 5.74) is 14.5. The van der Waals surface area contributed by atoms with Crippen molar-refractivity contribution in [3.8, 4) is 22.3 Å². The van der Waals surface area contributed by atoms with Gasteiger partial charge in [0.25, 0.3) is 0 Å². The summed E-state index contributed by atoms with van der Waals surface area (Å²) in [6.07, 6.45) is 7.27. The summed E-state index contributed by atoms with van der Waals surface area (Å²) in [7, 11) is 0.902. The van der Waals surface area contributed by atoms with Crippen LogP contribution in [0.25, 0.3) is 77.5 Å². The molecule has 0 N–H and O–H groups in total. The van der Waals surface area contributed by atoms with E-state index in [1.165, 1.54) is 99.7 Å². The lowest BCUT2D eigenvalue weighted by Crippen LogP contribution is -2.08. The summed E-state index contributed by atoms with van der Waals surface area (Å²) in [5, 5.41) is 10.4. The minimum atomic E-state index is 0.507. The summed E-state index contributed by atoms with van der Waals surface area (Å²) in [5.74, 6) is 1.01. The number of fused-ring (bicyclic) bond motifs is 6. The van der Waals surface area contributed by atoms with Gasteiger partial charge in [-0.25, -0.2) is 0 Å². The van der Waals surface area contributed by atoms with E-state index in [9.17, 15) is 0 Å². The molecule has 53 heavy (non-hydrogen) atoms. The van der Waals surface area contributed by atoms with E-state index in [-0.39, 0.29) is 0 Å². The van der Waals surface area contributed by atoms with Gasteiger partial charge in [0.1, 0.15) is 0 Å². The van der Waals surface area contributed by atoms with Crippen LogP contribution in [-0.2, 0) is 0 Å². The Bertz CT molecular complexity index is 2600. The third-order valence-electron chi connectivity index (χ3n) is 12.1. The van der Waals surface area contributed by atoms with Gasteiger partial charge in [-0.05, 0) is 137 Å². The van der Waals surface area contributed by atoms with E-state index in [0.717, 1.165) is 22.4 Å². The van der Waals surface area contributed by atoms with Gasteiger partial charge in [0, 0.05) is 21.4 Å². The van der Waals surface area contributed by atoms with Crippen LogP contribution in [0.3, 0.4) is 0 Å². The fourth-order valence-corrected chi connectivity index (χ4v) is 11.0. The molecule has 2 aliphatic rings. The maximum Gasteiger partial charge on any atom is 0.0397 e. The first kappa shape index (κ1) is 32.2. The monoisotopic (exact) mass is 694 g/mol. The molecule has 2 aliphatic carbocycles. The number of rotatable bonds is 8. The van der Waals surface area contributed by atoms with Crippen molar-refractivity contribution >= 4 is 64.8 Å². The highest BCUT2D eigenvalue weighted by atomic mass is 28.2. The molecule has 2 radical (unpaired) electrons. The molecule has 0 aromatic heterocycles. The highest BCUT2D eigenvalue weighted by Crippen LogP contribution is 2.47. The SMILES string of the molecule is CCC1=Cc2c(-c3ccc4cc5ccccc5cc4c3)cccc2C1C[Si]CC1C(CC)=Cc2c(-c3ccc4cc5ccccc5cc4c3)cccc21. The molecule has 0 saturated carbocycles. The van der Waals surface area contributed by atoms with Gasteiger partial charge >= 0.3 is 0 Å². The van der Waals surface area contributed by atoms with Crippen LogP contribution in [0, 0.1) is 0 Å². The third kappa shape index (κ3) is 5.58. The molecule has 0 amide bonds. The van der Waals surface area contributed by atoms with Crippen LogP contribution in [0.4, 0.5) is 0 Å². The number of hydrogen-bond donors (Lipinski definition) is 0. The second-order valence-electron chi connectivity index (χ2n) is 15.0. The first-order valence-electron chi connectivity index (χ1n) is 19.4. The van der Waals surface area contributed by atoms with Crippen LogP contribution in [0.1, 0.15) is 60.8 Å². The van der Waals surface area contributed by atoms with E-state index in [4.69, 9.17) is 0 Å². The van der Waals surface area contributed by atoms with Crippen molar-refractivity contribution in [3.63, 3.8) is 0 Å². The minimum Gasteiger partial charge on any atom is -0.0626 e.